The van der Waals surface area contributed by atoms with E-state index in [1.54, 1.807) is 0 Å². The normalized spacial score (nSPS) is 26.5. The first-order valence-corrected chi connectivity index (χ1v) is 4.24. The molecule has 0 heteroatoms. The van der Waals surface area contributed by atoms with Gasteiger partial charge in [-0.2, -0.15) is 0 Å². The Hall–Kier alpha value is -0.520. The van der Waals surface area contributed by atoms with E-state index in [1.165, 1.54) is 5.57 Å². The van der Waals surface area contributed by atoms with E-state index in [9.17, 15) is 0 Å². The summed E-state index contributed by atoms with van der Waals surface area (Å²) in [5, 5.41) is 0. The third kappa shape index (κ3) is 1.15. The zero-order chi connectivity index (χ0) is 8.70. The van der Waals surface area contributed by atoms with Crippen molar-refractivity contribution in [3.05, 3.63) is 23.8 Å². The maximum atomic E-state index is 2.31. The number of allylic oxidation sites excluding steroid dienone is 4. The molecule has 0 saturated carbocycles. The first kappa shape index (κ1) is 8.58. The second-order valence-electron chi connectivity index (χ2n) is 4.56. The highest BCUT2D eigenvalue weighted by Crippen LogP contribution is 2.47. The largest absolute Gasteiger partial charge is 0.0780 e. The van der Waals surface area contributed by atoms with Crippen LogP contribution in [0.1, 0.15) is 34.6 Å². The van der Waals surface area contributed by atoms with Gasteiger partial charge in [-0.1, -0.05) is 51.5 Å². The van der Waals surface area contributed by atoms with Crippen molar-refractivity contribution in [1.82, 2.24) is 0 Å². The molecule has 0 aromatic heterocycles. The maximum Gasteiger partial charge on any atom is -0.00586 e. The van der Waals surface area contributed by atoms with Crippen LogP contribution in [0.4, 0.5) is 0 Å². The van der Waals surface area contributed by atoms with E-state index in [4.69, 9.17) is 0 Å². The molecule has 0 nitrogen and oxygen atoms in total. The Balaban J connectivity index is 3.09. The van der Waals surface area contributed by atoms with Crippen LogP contribution in [0.5, 0.6) is 0 Å². The van der Waals surface area contributed by atoms with Gasteiger partial charge in [0.05, 0.1) is 0 Å². The predicted molar refractivity (Wildman–Crippen MR) is 50.5 cm³/mol. The molecule has 0 fully saturated rings. The first-order valence-electron chi connectivity index (χ1n) is 4.24. The van der Waals surface area contributed by atoms with Gasteiger partial charge in [0.1, 0.15) is 0 Å². The van der Waals surface area contributed by atoms with E-state index in [-0.39, 0.29) is 0 Å². The van der Waals surface area contributed by atoms with Crippen molar-refractivity contribution in [3.63, 3.8) is 0 Å². The average molecular weight is 150 g/mol. The van der Waals surface area contributed by atoms with Crippen LogP contribution >= 0.6 is 0 Å². The van der Waals surface area contributed by atoms with Gasteiger partial charge in [-0.25, -0.2) is 0 Å². The molecule has 0 spiro atoms. The van der Waals surface area contributed by atoms with Crippen molar-refractivity contribution in [2.24, 2.45) is 10.8 Å². The van der Waals surface area contributed by atoms with Crippen LogP contribution in [-0.4, -0.2) is 0 Å². The summed E-state index contributed by atoms with van der Waals surface area (Å²) in [6.45, 7) is 11.4. The molecule has 0 N–H and O–H groups in total. The SMILES string of the molecule is CC1=CC=CC(C)(C)C1(C)C. The molecule has 0 aromatic carbocycles. The van der Waals surface area contributed by atoms with Crippen molar-refractivity contribution in [1.29, 1.82) is 0 Å². The Morgan fingerprint density at radius 1 is 1.09 bits per heavy atom. The summed E-state index contributed by atoms with van der Waals surface area (Å²) in [6, 6.07) is 0. The molecule has 0 aliphatic heterocycles. The Morgan fingerprint density at radius 3 is 2.00 bits per heavy atom. The molecule has 1 aliphatic carbocycles. The third-order valence-corrected chi connectivity index (χ3v) is 3.46. The fraction of sp³-hybridized carbons (Fsp3) is 0.636. The van der Waals surface area contributed by atoms with Crippen molar-refractivity contribution in [3.8, 4) is 0 Å². The lowest BCUT2D eigenvalue weighted by atomic mass is 9.62. The molecule has 0 bridgehead atoms. The zero-order valence-electron chi connectivity index (χ0n) is 8.23. The average Bonchev–Trinajstić information content (AvgIpc) is 1.84. The maximum absolute atomic E-state index is 2.31. The van der Waals surface area contributed by atoms with Gasteiger partial charge in [-0.15, -0.1) is 0 Å². The highest BCUT2D eigenvalue weighted by molar-refractivity contribution is 5.28. The van der Waals surface area contributed by atoms with Gasteiger partial charge in [0, 0.05) is 0 Å². The summed E-state index contributed by atoms with van der Waals surface area (Å²) >= 11 is 0. The van der Waals surface area contributed by atoms with Crippen LogP contribution in [0.25, 0.3) is 0 Å². The summed E-state index contributed by atoms with van der Waals surface area (Å²) in [5.74, 6) is 0. The summed E-state index contributed by atoms with van der Waals surface area (Å²) in [7, 11) is 0. The Kier molecular flexibility index (Phi) is 1.74. The first-order chi connectivity index (χ1) is 4.88. The van der Waals surface area contributed by atoms with Crippen LogP contribution in [0.15, 0.2) is 23.8 Å². The van der Waals surface area contributed by atoms with E-state index in [0.717, 1.165) is 0 Å². The summed E-state index contributed by atoms with van der Waals surface area (Å²) in [5.41, 5.74) is 2.08. The molecule has 0 atom stereocenters. The van der Waals surface area contributed by atoms with Gasteiger partial charge in [0.15, 0.2) is 0 Å². The zero-order valence-corrected chi connectivity index (χ0v) is 8.23. The number of hydrogen-bond donors (Lipinski definition) is 0. The Labute approximate surface area is 70.0 Å². The lowest BCUT2D eigenvalue weighted by Crippen LogP contribution is -2.33. The van der Waals surface area contributed by atoms with E-state index in [0.29, 0.717) is 10.8 Å². The molecule has 0 heterocycles. The molecule has 0 amide bonds. The Morgan fingerprint density at radius 2 is 1.64 bits per heavy atom. The molecule has 0 radical (unpaired) electrons. The second-order valence-corrected chi connectivity index (χ2v) is 4.56. The van der Waals surface area contributed by atoms with Crippen molar-refractivity contribution < 1.29 is 0 Å². The summed E-state index contributed by atoms with van der Waals surface area (Å²) in [6.07, 6.45) is 6.67. The van der Waals surface area contributed by atoms with Crippen LogP contribution in [-0.2, 0) is 0 Å². The van der Waals surface area contributed by atoms with Gasteiger partial charge >= 0.3 is 0 Å². The van der Waals surface area contributed by atoms with Crippen molar-refractivity contribution in [2.75, 3.05) is 0 Å². The highest BCUT2D eigenvalue weighted by atomic mass is 14.4. The summed E-state index contributed by atoms with van der Waals surface area (Å²) < 4.78 is 0. The molecular formula is C11H18. The minimum atomic E-state index is 0.297. The smallest absolute Gasteiger partial charge is 0.00586 e. The van der Waals surface area contributed by atoms with Gasteiger partial charge in [0.2, 0.25) is 0 Å². The molecule has 0 saturated heterocycles. The van der Waals surface area contributed by atoms with Gasteiger partial charge in [0.25, 0.3) is 0 Å². The van der Waals surface area contributed by atoms with Crippen molar-refractivity contribution >= 4 is 0 Å². The summed E-state index contributed by atoms with van der Waals surface area (Å²) in [4.78, 5) is 0. The molecule has 1 rings (SSSR count). The number of rotatable bonds is 0. The van der Waals surface area contributed by atoms with Crippen molar-refractivity contribution in [2.45, 2.75) is 34.6 Å². The molecule has 0 unspecified atom stereocenters. The van der Waals surface area contributed by atoms with Crippen LogP contribution in [0.2, 0.25) is 0 Å². The van der Waals surface area contributed by atoms with E-state index in [2.05, 4.69) is 52.8 Å². The van der Waals surface area contributed by atoms with Crippen LogP contribution < -0.4 is 0 Å². The fourth-order valence-electron chi connectivity index (χ4n) is 1.36. The van der Waals surface area contributed by atoms with E-state index in [1.807, 2.05) is 0 Å². The Bertz CT molecular complexity index is 214. The van der Waals surface area contributed by atoms with E-state index >= 15 is 0 Å². The molecule has 62 valence electrons. The topological polar surface area (TPSA) is 0 Å². The standard InChI is InChI=1S/C11H18/c1-9-7-6-8-10(2,3)11(9,4)5/h6-8H,1-5H3. The molecule has 11 heavy (non-hydrogen) atoms. The monoisotopic (exact) mass is 150 g/mol. The molecular weight excluding hydrogens is 132 g/mol. The molecule has 0 aromatic rings. The minimum Gasteiger partial charge on any atom is -0.0780 e. The van der Waals surface area contributed by atoms with Gasteiger partial charge in [-0.05, 0) is 17.8 Å². The minimum absolute atomic E-state index is 0.297. The second kappa shape index (κ2) is 2.23. The number of hydrogen-bond acceptors (Lipinski definition) is 0. The predicted octanol–water partition coefficient (Wildman–Crippen LogP) is 3.55. The van der Waals surface area contributed by atoms with Gasteiger partial charge in [-0.3, -0.25) is 0 Å². The van der Waals surface area contributed by atoms with Gasteiger partial charge < -0.3 is 0 Å². The fourth-order valence-corrected chi connectivity index (χ4v) is 1.36. The highest BCUT2D eigenvalue weighted by Gasteiger charge is 2.37. The lowest BCUT2D eigenvalue weighted by molar-refractivity contribution is 0.211. The van der Waals surface area contributed by atoms with E-state index < -0.39 is 0 Å². The lowest BCUT2D eigenvalue weighted by Gasteiger charge is -2.42. The van der Waals surface area contributed by atoms with Crippen LogP contribution in [0.3, 0.4) is 0 Å². The quantitative estimate of drug-likeness (QED) is 0.495. The third-order valence-electron chi connectivity index (χ3n) is 3.46. The van der Waals surface area contributed by atoms with Crippen LogP contribution in [0, 0.1) is 10.8 Å². The molecule has 1 aliphatic rings.